The molecule has 0 fully saturated rings. The van der Waals surface area contributed by atoms with Crippen LogP contribution in [0.15, 0.2) is 65.2 Å². The molecule has 4 nitrogen and oxygen atoms in total. The van der Waals surface area contributed by atoms with Crippen molar-refractivity contribution in [2.45, 2.75) is 20.1 Å². The molecule has 0 bridgehead atoms. The Kier molecular flexibility index (Phi) is 5.06. The molecule has 0 atom stereocenters. The summed E-state index contributed by atoms with van der Waals surface area (Å²) in [6.07, 6.45) is 0. The van der Waals surface area contributed by atoms with Crippen LogP contribution in [0.25, 0.3) is 11.3 Å². The van der Waals surface area contributed by atoms with Crippen LogP contribution < -0.4 is 10.1 Å². The van der Waals surface area contributed by atoms with Crippen molar-refractivity contribution in [3.05, 3.63) is 71.9 Å². The maximum atomic E-state index is 5.79. The SMILES string of the molecule is CCNCc1cc(-c2ccc(OCc3ccccc3)cc2)on1. The van der Waals surface area contributed by atoms with Crippen LogP contribution in [0.4, 0.5) is 0 Å². The predicted octanol–water partition coefficient (Wildman–Crippen LogP) is 4.03. The number of nitrogens with zero attached hydrogens (tertiary/aromatic N) is 1. The predicted molar refractivity (Wildman–Crippen MR) is 90.1 cm³/mol. The molecule has 0 spiro atoms. The normalized spacial score (nSPS) is 10.7. The van der Waals surface area contributed by atoms with E-state index >= 15 is 0 Å². The summed E-state index contributed by atoms with van der Waals surface area (Å²) >= 11 is 0. The van der Waals surface area contributed by atoms with Crippen molar-refractivity contribution in [3.63, 3.8) is 0 Å². The Morgan fingerprint density at radius 2 is 1.83 bits per heavy atom. The van der Waals surface area contributed by atoms with E-state index < -0.39 is 0 Å². The topological polar surface area (TPSA) is 47.3 Å². The third-order valence-electron chi connectivity index (χ3n) is 3.50. The zero-order valence-corrected chi connectivity index (χ0v) is 13.2. The highest BCUT2D eigenvalue weighted by molar-refractivity contribution is 5.58. The molecule has 0 unspecified atom stereocenters. The van der Waals surface area contributed by atoms with Gasteiger partial charge in [-0.1, -0.05) is 42.4 Å². The number of ether oxygens (including phenoxy) is 1. The summed E-state index contributed by atoms with van der Waals surface area (Å²) in [5.74, 6) is 1.61. The van der Waals surface area contributed by atoms with Gasteiger partial charge in [0, 0.05) is 18.2 Å². The number of hydrogen-bond acceptors (Lipinski definition) is 4. The quantitative estimate of drug-likeness (QED) is 0.716. The van der Waals surface area contributed by atoms with Crippen LogP contribution >= 0.6 is 0 Å². The lowest BCUT2D eigenvalue weighted by Crippen LogP contribution is -2.11. The van der Waals surface area contributed by atoms with Gasteiger partial charge in [-0.3, -0.25) is 0 Å². The van der Waals surface area contributed by atoms with Gasteiger partial charge in [-0.05, 0) is 36.4 Å². The summed E-state index contributed by atoms with van der Waals surface area (Å²) in [6, 6.07) is 19.9. The second-order valence-corrected chi connectivity index (χ2v) is 5.26. The van der Waals surface area contributed by atoms with Gasteiger partial charge in [0.25, 0.3) is 0 Å². The summed E-state index contributed by atoms with van der Waals surface area (Å²) in [6.45, 7) is 4.26. The molecule has 2 aromatic carbocycles. The average molecular weight is 308 g/mol. The van der Waals surface area contributed by atoms with E-state index in [1.807, 2.05) is 48.5 Å². The Bertz CT molecular complexity index is 721. The first-order chi connectivity index (χ1) is 11.3. The molecule has 0 radical (unpaired) electrons. The molecule has 0 aliphatic carbocycles. The molecule has 23 heavy (non-hydrogen) atoms. The number of benzene rings is 2. The summed E-state index contributed by atoms with van der Waals surface area (Å²) in [5, 5.41) is 7.29. The molecule has 0 saturated carbocycles. The maximum Gasteiger partial charge on any atom is 0.167 e. The molecule has 1 N–H and O–H groups in total. The van der Waals surface area contributed by atoms with Crippen molar-refractivity contribution in [3.8, 4) is 17.1 Å². The Balaban J connectivity index is 1.61. The van der Waals surface area contributed by atoms with Crippen LogP contribution in [0.5, 0.6) is 5.75 Å². The van der Waals surface area contributed by atoms with E-state index in [4.69, 9.17) is 9.26 Å². The average Bonchev–Trinajstić information content (AvgIpc) is 3.08. The van der Waals surface area contributed by atoms with Gasteiger partial charge >= 0.3 is 0 Å². The van der Waals surface area contributed by atoms with Crippen molar-refractivity contribution in [2.24, 2.45) is 0 Å². The van der Waals surface area contributed by atoms with E-state index in [0.29, 0.717) is 6.61 Å². The number of hydrogen-bond donors (Lipinski definition) is 1. The van der Waals surface area contributed by atoms with Crippen molar-refractivity contribution in [1.29, 1.82) is 0 Å². The van der Waals surface area contributed by atoms with Crippen molar-refractivity contribution < 1.29 is 9.26 Å². The first-order valence-electron chi connectivity index (χ1n) is 7.78. The molecule has 0 aliphatic rings. The highest BCUT2D eigenvalue weighted by Gasteiger charge is 2.06. The largest absolute Gasteiger partial charge is 0.489 e. The van der Waals surface area contributed by atoms with E-state index in [1.165, 1.54) is 0 Å². The highest BCUT2D eigenvalue weighted by atomic mass is 16.5. The summed E-state index contributed by atoms with van der Waals surface area (Å²) < 4.78 is 11.2. The van der Waals surface area contributed by atoms with Gasteiger partial charge in [-0.2, -0.15) is 0 Å². The van der Waals surface area contributed by atoms with E-state index in [1.54, 1.807) is 0 Å². The molecule has 1 heterocycles. The fourth-order valence-electron chi connectivity index (χ4n) is 2.24. The molecule has 0 amide bonds. The lowest BCUT2D eigenvalue weighted by Gasteiger charge is -2.06. The van der Waals surface area contributed by atoms with Gasteiger partial charge in [-0.15, -0.1) is 0 Å². The summed E-state index contributed by atoms with van der Waals surface area (Å²) in [4.78, 5) is 0. The standard InChI is InChI=1S/C19H20N2O2/c1-2-20-13-17-12-19(23-21-17)16-8-10-18(11-9-16)22-14-15-6-4-3-5-7-15/h3-12,20H,2,13-14H2,1H3. The maximum absolute atomic E-state index is 5.79. The minimum atomic E-state index is 0.565. The zero-order valence-electron chi connectivity index (χ0n) is 13.2. The van der Waals surface area contributed by atoms with Crippen LogP contribution in [0, 0.1) is 0 Å². The van der Waals surface area contributed by atoms with Gasteiger partial charge in [-0.25, -0.2) is 0 Å². The first kappa shape index (κ1) is 15.3. The molecule has 0 saturated heterocycles. The van der Waals surface area contributed by atoms with Gasteiger partial charge in [0.1, 0.15) is 12.4 Å². The third-order valence-corrected chi connectivity index (χ3v) is 3.50. The Morgan fingerprint density at radius 1 is 1.04 bits per heavy atom. The Labute approximate surface area is 136 Å². The van der Waals surface area contributed by atoms with E-state index in [2.05, 4.69) is 29.5 Å². The van der Waals surface area contributed by atoms with Crippen molar-refractivity contribution in [1.82, 2.24) is 10.5 Å². The molecule has 4 heteroatoms. The smallest absolute Gasteiger partial charge is 0.167 e. The lowest BCUT2D eigenvalue weighted by molar-refractivity contribution is 0.306. The van der Waals surface area contributed by atoms with E-state index in [9.17, 15) is 0 Å². The van der Waals surface area contributed by atoms with Gasteiger partial charge in [0.05, 0.1) is 5.69 Å². The third kappa shape index (κ3) is 4.20. The first-order valence-corrected chi connectivity index (χ1v) is 7.78. The Morgan fingerprint density at radius 3 is 2.57 bits per heavy atom. The molecule has 3 rings (SSSR count). The van der Waals surface area contributed by atoms with E-state index in [0.717, 1.165) is 41.4 Å². The molecule has 3 aromatic rings. The fraction of sp³-hybridized carbons (Fsp3) is 0.211. The zero-order chi connectivity index (χ0) is 15.9. The molecule has 0 aliphatic heterocycles. The van der Waals surface area contributed by atoms with Crippen LogP contribution in [-0.2, 0) is 13.2 Å². The fourth-order valence-corrected chi connectivity index (χ4v) is 2.24. The van der Waals surface area contributed by atoms with E-state index in [-0.39, 0.29) is 0 Å². The molecule has 118 valence electrons. The summed E-state index contributed by atoms with van der Waals surface area (Å²) in [5.41, 5.74) is 3.05. The van der Waals surface area contributed by atoms with Gasteiger partial charge in [0.2, 0.25) is 0 Å². The minimum absolute atomic E-state index is 0.565. The highest BCUT2D eigenvalue weighted by Crippen LogP contribution is 2.23. The van der Waals surface area contributed by atoms with Crippen LogP contribution in [0.2, 0.25) is 0 Å². The van der Waals surface area contributed by atoms with Crippen molar-refractivity contribution >= 4 is 0 Å². The number of rotatable bonds is 7. The molecular weight excluding hydrogens is 288 g/mol. The monoisotopic (exact) mass is 308 g/mol. The van der Waals surface area contributed by atoms with Crippen LogP contribution in [0.3, 0.4) is 0 Å². The second-order valence-electron chi connectivity index (χ2n) is 5.26. The van der Waals surface area contributed by atoms with Crippen LogP contribution in [0.1, 0.15) is 18.2 Å². The second kappa shape index (κ2) is 7.61. The van der Waals surface area contributed by atoms with Crippen LogP contribution in [-0.4, -0.2) is 11.7 Å². The minimum Gasteiger partial charge on any atom is -0.489 e. The number of aromatic nitrogens is 1. The molecular formula is C19H20N2O2. The lowest BCUT2D eigenvalue weighted by atomic mass is 10.1. The van der Waals surface area contributed by atoms with Gasteiger partial charge < -0.3 is 14.6 Å². The Hall–Kier alpha value is -2.59. The van der Waals surface area contributed by atoms with Crippen molar-refractivity contribution in [2.75, 3.05) is 6.54 Å². The van der Waals surface area contributed by atoms with Gasteiger partial charge in [0.15, 0.2) is 5.76 Å². The summed E-state index contributed by atoms with van der Waals surface area (Å²) in [7, 11) is 0. The molecule has 1 aromatic heterocycles. The number of nitrogens with one attached hydrogen (secondary N) is 1.